The first-order chi connectivity index (χ1) is 14.1. The van der Waals surface area contributed by atoms with Crippen molar-refractivity contribution in [2.75, 3.05) is 13.7 Å². The minimum absolute atomic E-state index is 0.0393. The van der Waals surface area contributed by atoms with Crippen LogP contribution in [0.1, 0.15) is 18.1 Å². The van der Waals surface area contributed by atoms with E-state index in [2.05, 4.69) is 5.32 Å². The summed E-state index contributed by atoms with van der Waals surface area (Å²) in [4.78, 5) is 13.1. The van der Waals surface area contributed by atoms with Gasteiger partial charge in [0.05, 0.1) is 23.4 Å². The van der Waals surface area contributed by atoms with Gasteiger partial charge in [0.2, 0.25) is 0 Å². The van der Waals surface area contributed by atoms with Crippen molar-refractivity contribution in [2.24, 2.45) is 0 Å². The van der Waals surface area contributed by atoms with E-state index in [0.717, 1.165) is 18.2 Å². The van der Waals surface area contributed by atoms with Crippen LogP contribution in [0.3, 0.4) is 0 Å². The monoisotopic (exact) mass is 439 g/mol. The Labute approximate surface area is 175 Å². The number of hydrogen-bond donors (Lipinski definition) is 2. The van der Waals surface area contributed by atoms with Crippen molar-refractivity contribution in [1.29, 1.82) is 5.41 Å². The number of amidine groups is 1. The predicted molar refractivity (Wildman–Crippen MR) is 106 cm³/mol. The molecule has 0 aromatic heterocycles. The fourth-order valence-electron chi connectivity index (χ4n) is 2.80. The molecule has 0 atom stereocenters. The topological polar surface area (TPSA) is 74.7 Å². The Morgan fingerprint density at radius 3 is 2.43 bits per heavy atom. The van der Waals surface area contributed by atoms with Crippen molar-refractivity contribution in [3.8, 4) is 17.2 Å². The van der Waals surface area contributed by atoms with Crippen LogP contribution in [0.4, 0.5) is 18.0 Å². The highest BCUT2D eigenvalue weighted by molar-refractivity contribution is 6.32. The molecule has 1 saturated heterocycles. The molecule has 0 radical (unpaired) electrons. The van der Waals surface area contributed by atoms with Crippen LogP contribution in [-0.2, 0) is 6.18 Å². The van der Waals surface area contributed by atoms with Crippen LogP contribution in [0.15, 0.2) is 42.1 Å². The minimum atomic E-state index is -4.51. The smallest absolute Gasteiger partial charge is 0.416 e. The molecule has 1 fully saturated rings. The van der Waals surface area contributed by atoms with E-state index in [4.69, 9.17) is 26.5 Å². The van der Waals surface area contributed by atoms with Crippen molar-refractivity contribution < 1.29 is 27.4 Å². The number of nitrogens with one attached hydrogen (secondary N) is 2. The number of hydrogen-bond acceptors (Lipinski definition) is 4. The van der Waals surface area contributed by atoms with Gasteiger partial charge >= 0.3 is 12.2 Å². The second kappa shape index (κ2) is 8.27. The Bertz CT molecular complexity index is 1040. The number of likely N-dealkylation sites (N-methyl/N-ethyl adjacent to an activating group) is 1. The second-order valence-electron chi connectivity index (χ2n) is 6.24. The van der Waals surface area contributed by atoms with Crippen LogP contribution < -0.4 is 14.8 Å². The first kappa shape index (κ1) is 21.5. The van der Waals surface area contributed by atoms with Gasteiger partial charge in [0, 0.05) is 6.54 Å². The Balaban J connectivity index is 1.86. The Morgan fingerprint density at radius 2 is 1.87 bits per heavy atom. The zero-order valence-corrected chi connectivity index (χ0v) is 16.7. The summed E-state index contributed by atoms with van der Waals surface area (Å²) in [5.74, 6) is 0.626. The summed E-state index contributed by atoms with van der Waals surface area (Å²) in [5.41, 5.74) is 0.0787. The molecule has 2 N–H and O–H groups in total. The van der Waals surface area contributed by atoms with Crippen LogP contribution in [0.25, 0.3) is 6.08 Å². The van der Waals surface area contributed by atoms with Crippen LogP contribution in [-0.4, -0.2) is 30.4 Å². The van der Waals surface area contributed by atoms with E-state index in [1.165, 1.54) is 12.0 Å². The van der Waals surface area contributed by atoms with Gasteiger partial charge in [0.15, 0.2) is 17.3 Å². The van der Waals surface area contributed by atoms with E-state index in [1.54, 1.807) is 31.2 Å². The fraction of sp³-hybridized carbons (Fsp3) is 0.200. The van der Waals surface area contributed by atoms with Gasteiger partial charge < -0.3 is 14.8 Å². The summed E-state index contributed by atoms with van der Waals surface area (Å²) in [6, 6.07) is 7.23. The summed E-state index contributed by atoms with van der Waals surface area (Å²) in [6.07, 6.45) is -2.90. The molecular weight excluding hydrogens is 423 g/mol. The number of nitrogens with zero attached hydrogens (tertiary/aromatic N) is 1. The van der Waals surface area contributed by atoms with Gasteiger partial charge in [-0.1, -0.05) is 17.7 Å². The summed E-state index contributed by atoms with van der Waals surface area (Å²) in [5, 5.41) is 10.5. The molecule has 0 bridgehead atoms. The molecule has 1 aliphatic heterocycles. The van der Waals surface area contributed by atoms with Crippen LogP contribution >= 0.6 is 11.6 Å². The van der Waals surface area contributed by atoms with Gasteiger partial charge in [-0.2, -0.15) is 13.2 Å². The Morgan fingerprint density at radius 1 is 1.17 bits per heavy atom. The maximum atomic E-state index is 12.8. The first-order valence-electron chi connectivity index (χ1n) is 8.75. The number of urea groups is 1. The molecule has 2 amide bonds. The highest BCUT2D eigenvalue weighted by atomic mass is 35.5. The predicted octanol–water partition coefficient (Wildman–Crippen LogP) is 5.52. The molecule has 158 valence electrons. The zero-order chi connectivity index (χ0) is 22.1. The summed E-state index contributed by atoms with van der Waals surface area (Å²) < 4.78 is 49.3. The lowest BCUT2D eigenvalue weighted by Crippen LogP contribution is -2.29. The Hall–Kier alpha value is -3.20. The summed E-state index contributed by atoms with van der Waals surface area (Å²) in [7, 11) is 1.41. The molecule has 0 spiro atoms. The number of amides is 2. The minimum Gasteiger partial charge on any atom is -0.493 e. The highest BCUT2D eigenvalue weighted by Gasteiger charge is 2.31. The third-order valence-corrected chi connectivity index (χ3v) is 4.60. The van der Waals surface area contributed by atoms with Gasteiger partial charge in [-0.25, -0.2) is 4.79 Å². The standard InChI is InChI=1S/C20H17ClF3N3O3/c1-3-27-18(25)14(26-19(27)28)8-11-4-6-16(17(9-11)29-2)30-15-7-5-12(10-13(15)21)20(22,23)24/h4-10,25H,3H2,1-2H3,(H,26,28). The van der Waals surface area contributed by atoms with E-state index in [1.807, 2.05) is 0 Å². The number of rotatable bonds is 5. The molecule has 30 heavy (non-hydrogen) atoms. The van der Waals surface area contributed by atoms with Gasteiger partial charge in [0.1, 0.15) is 5.75 Å². The van der Waals surface area contributed by atoms with E-state index in [0.29, 0.717) is 23.6 Å². The normalized spacial score (nSPS) is 15.5. The van der Waals surface area contributed by atoms with Crippen LogP contribution in [0.5, 0.6) is 17.2 Å². The van der Waals surface area contributed by atoms with E-state index < -0.39 is 11.7 Å². The van der Waals surface area contributed by atoms with E-state index in [-0.39, 0.29) is 28.4 Å². The fourth-order valence-corrected chi connectivity index (χ4v) is 3.02. The molecule has 2 aromatic carbocycles. The molecule has 10 heteroatoms. The average molecular weight is 440 g/mol. The van der Waals surface area contributed by atoms with Crippen molar-refractivity contribution in [3.63, 3.8) is 0 Å². The maximum absolute atomic E-state index is 12.8. The lowest BCUT2D eigenvalue weighted by Gasteiger charge is -2.14. The van der Waals surface area contributed by atoms with Gasteiger partial charge in [-0.15, -0.1) is 0 Å². The third kappa shape index (κ3) is 4.35. The second-order valence-corrected chi connectivity index (χ2v) is 6.64. The number of alkyl halides is 3. The number of carbonyl (C=O) groups is 1. The molecule has 0 saturated carbocycles. The lowest BCUT2D eigenvalue weighted by atomic mass is 10.1. The van der Waals surface area contributed by atoms with Crippen molar-refractivity contribution in [1.82, 2.24) is 10.2 Å². The maximum Gasteiger partial charge on any atom is 0.416 e. The number of carbonyl (C=O) groups excluding carboxylic acids is 1. The number of benzene rings is 2. The molecule has 6 nitrogen and oxygen atoms in total. The van der Waals surface area contributed by atoms with Crippen LogP contribution in [0.2, 0.25) is 5.02 Å². The van der Waals surface area contributed by atoms with Crippen molar-refractivity contribution in [3.05, 3.63) is 58.2 Å². The van der Waals surface area contributed by atoms with E-state index >= 15 is 0 Å². The molecule has 2 aromatic rings. The lowest BCUT2D eigenvalue weighted by molar-refractivity contribution is -0.137. The number of methoxy groups -OCH3 is 1. The highest BCUT2D eigenvalue weighted by Crippen LogP contribution is 2.39. The molecular formula is C20H17ClF3N3O3. The molecule has 3 rings (SSSR count). The van der Waals surface area contributed by atoms with Gasteiger partial charge in [-0.05, 0) is 48.9 Å². The van der Waals surface area contributed by atoms with Gasteiger partial charge in [0.25, 0.3) is 0 Å². The molecule has 1 heterocycles. The quantitative estimate of drug-likeness (QED) is 0.644. The first-order valence-corrected chi connectivity index (χ1v) is 9.13. The SMILES string of the molecule is CCN1C(=N)C(=Cc2ccc(Oc3ccc(C(F)(F)F)cc3Cl)c(OC)c2)NC1=O. The average Bonchev–Trinajstić information content (AvgIpc) is 2.96. The summed E-state index contributed by atoms with van der Waals surface area (Å²) in [6.45, 7) is 2.13. The third-order valence-electron chi connectivity index (χ3n) is 4.31. The van der Waals surface area contributed by atoms with E-state index in [9.17, 15) is 18.0 Å². The zero-order valence-electron chi connectivity index (χ0n) is 15.9. The van der Waals surface area contributed by atoms with Crippen molar-refractivity contribution >= 4 is 29.5 Å². The van der Waals surface area contributed by atoms with Crippen molar-refractivity contribution in [2.45, 2.75) is 13.1 Å². The van der Waals surface area contributed by atoms with Gasteiger partial charge in [-0.3, -0.25) is 10.3 Å². The van der Waals surface area contributed by atoms with Crippen LogP contribution in [0, 0.1) is 5.41 Å². The Kier molecular flexibility index (Phi) is 5.93. The molecule has 0 unspecified atom stereocenters. The molecule has 0 aliphatic carbocycles. The molecule has 1 aliphatic rings. The number of ether oxygens (including phenoxy) is 2. The largest absolute Gasteiger partial charge is 0.493 e. The summed E-state index contributed by atoms with van der Waals surface area (Å²) >= 11 is 5.94. The number of halogens is 4.